The van der Waals surface area contributed by atoms with E-state index in [1.807, 2.05) is 33.2 Å². The summed E-state index contributed by atoms with van der Waals surface area (Å²) in [5, 5.41) is 6.74. The topological polar surface area (TPSA) is 61.7 Å². The maximum Gasteiger partial charge on any atom is 0.248 e. The van der Waals surface area contributed by atoms with Gasteiger partial charge < -0.3 is 9.09 Å². The molecule has 0 saturated heterocycles. The van der Waals surface area contributed by atoms with Crippen molar-refractivity contribution in [2.24, 2.45) is 13.0 Å². The van der Waals surface area contributed by atoms with Crippen LogP contribution in [0, 0.1) is 19.8 Å². The summed E-state index contributed by atoms with van der Waals surface area (Å²) in [6, 6.07) is 1.90. The Morgan fingerprint density at radius 2 is 1.90 bits per heavy atom. The second kappa shape index (κ2) is 6.55. The van der Waals surface area contributed by atoms with E-state index >= 15 is 0 Å². The summed E-state index contributed by atoms with van der Waals surface area (Å²) in [6.45, 7) is 3.68. The number of hydrogen-bond donors (Lipinski definition) is 0. The number of aryl methyl sites for hydroxylation is 3. The molecule has 0 aliphatic heterocycles. The first kappa shape index (κ1) is 20.0. The fourth-order valence-corrected chi connectivity index (χ4v) is 4.41. The third-order valence-corrected chi connectivity index (χ3v) is 6.14. The standard InChI is InChI=1S/C21H19B2F2N5O/c1-11-18(12(2)31-28-11)13-4-17-19(26-7-13)16(14-8-27-29(3)9-14)10-30(17)21(22,23)15-5-20(24,25)6-15/h4,7-10,15H,5-6H2,1-3H3. The molecule has 4 aromatic heterocycles. The highest BCUT2D eigenvalue weighted by Crippen LogP contribution is 2.49. The van der Waals surface area contributed by atoms with Gasteiger partial charge in [-0.15, -0.1) is 0 Å². The second-order valence-corrected chi connectivity index (χ2v) is 8.45. The number of hydrogen-bond acceptors (Lipinski definition) is 4. The van der Waals surface area contributed by atoms with E-state index in [2.05, 4.69) is 15.2 Å². The number of nitrogens with zero attached hydrogens (tertiary/aromatic N) is 5. The normalized spacial score (nSPS) is 16.7. The molecular weight excluding hydrogens is 398 g/mol. The minimum atomic E-state index is -2.73. The van der Waals surface area contributed by atoms with Crippen LogP contribution in [0.1, 0.15) is 24.3 Å². The molecule has 0 atom stereocenters. The van der Waals surface area contributed by atoms with Crippen molar-refractivity contribution in [1.29, 1.82) is 0 Å². The van der Waals surface area contributed by atoms with E-state index < -0.39 is 17.2 Å². The van der Waals surface area contributed by atoms with E-state index in [0.29, 0.717) is 16.8 Å². The van der Waals surface area contributed by atoms with E-state index in [-0.39, 0.29) is 12.8 Å². The highest BCUT2D eigenvalue weighted by atomic mass is 19.3. The molecule has 6 nitrogen and oxygen atoms in total. The van der Waals surface area contributed by atoms with Crippen molar-refractivity contribution in [1.82, 2.24) is 24.5 Å². The average molecular weight is 417 g/mol. The van der Waals surface area contributed by atoms with Gasteiger partial charge in [-0.3, -0.25) is 9.67 Å². The van der Waals surface area contributed by atoms with Crippen LogP contribution in [-0.4, -0.2) is 46.1 Å². The molecule has 1 aliphatic carbocycles. The van der Waals surface area contributed by atoms with Gasteiger partial charge in [0.25, 0.3) is 0 Å². The van der Waals surface area contributed by atoms with E-state index in [1.165, 1.54) is 0 Å². The van der Waals surface area contributed by atoms with Crippen molar-refractivity contribution in [2.45, 2.75) is 37.9 Å². The smallest absolute Gasteiger partial charge is 0.248 e. The van der Waals surface area contributed by atoms with Gasteiger partial charge in [0.1, 0.15) is 5.76 Å². The first-order chi connectivity index (χ1) is 14.6. The molecule has 0 amide bonds. The largest absolute Gasteiger partial charge is 0.361 e. The van der Waals surface area contributed by atoms with Gasteiger partial charge in [0.05, 0.1) is 38.6 Å². The van der Waals surface area contributed by atoms with Crippen molar-refractivity contribution in [3.05, 3.63) is 42.3 Å². The summed E-state index contributed by atoms with van der Waals surface area (Å²) in [6.07, 6.45) is 6.40. The zero-order valence-electron chi connectivity index (χ0n) is 17.4. The molecule has 4 heterocycles. The van der Waals surface area contributed by atoms with Crippen LogP contribution < -0.4 is 0 Å². The number of halogens is 2. The van der Waals surface area contributed by atoms with Crippen LogP contribution in [-0.2, 0) is 12.4 Å². The van der Waals surface area contributed by atoms with E-state index in [4.69, 9.17) is 20.2 Å². The molecule has 10 heteroatoms. The van der Waals surface area contributed by atoms with Crippen molar-refractivity contribution >= 4 is 26.7 Å². The Hall–Kier alpha value is -2.90. The number of pyridine rings is 1. The number of aromatic nitrogens is 5. The summed E-state index contributed by atoms with van der Waals surface area (Å²) in [4.78, 5) is 4.68. The quantitative estimate of drug-likeness (QED) is 0.476. The Morgan fingerprint density at radius 1 is 1.16 bits per heavy atom. The van der Waals surface area contributed by atoms with Crippen LogP contribution >= 0.6 is 0 Å². The van der Waals surface area contributed by atoms with Crippen LogP contribution in [0.15, 0.2) is 35.4 Å². The number of fused-ring (bicyclic) bond motifs is 1. The third-order valence-electron chi connectivity index (χ3n) is 6.14. The minimum Gasteiger partial charge on any atom is -0.361 e. The molecule has 0 bridgehead atoms. The van der Waals surface area contributed by atoms with Crippen LogP contribution in [0.5, 0.6) is 0 Å². The molecule has 154 valence electrons. The Balaban J connectivity index is 1.72. The van der Waals surface area contributed by atoms with Crippen molar-refractivity contribution in [2.75, 3.05) is 0 Å². The Labute approximate surface area is 180 Å². The van der Waals surface area contributed by atoms with Gasteiger partial charge in [0.15, 0.2) is 0 Å². The zero-order valence-corrected chi connectivity index (χ0v) is 17.4. The van der Waals surface area contributed by atoms with Gasteiger partial charge in [-0.25, -0.2) is 8.78 Å². The first-order valence-electron chi connectivity index (χ1n) is 9.96. The lowest BCUT2D eigenvalue weighted by Gasteiger charge is -2.47. The van der Waals surface area contributed by atoms with E-state index in [0.717, 1.165) is 27.9 Å². The molecule has 1 saturated carbocycles. The summed E-state index contributed by atoms with van der Waals surface area (Å²) in [5.74, 6) is -2.64. The fourth-order valence-electron chi connectivity index (χ4n) is 4.41. The molecule has 0 N–H and O–H groups in total. The SMILES string of the molecule is [B]C([B])(C1CC(F)(F)C1)n1cc(-c2cnn(C)c2)c2ncc(-c3c(C)noc3C)cc21. The van der Waals surface area contributed by atoms with Crippen molar-refractivity contribution < 1.29 is 13.3 Å². The molecule has 0 unspecified atom stereocenters. The Bertz CT molecular complexity index is 1280. The van der Waals surface area contributed by atoms with Gasteiger partial charge in [0.2, 0.25) is 5.92 Å². The summed E-state index contributed by atoms with van der Waals surface area (Å²) in [7, 11) is 14.8. The zero-order chi connectivity index (χ0) is 22.1. The van der Waals surface area contributed by atoms with Gasteiger partial charge in [-0.1, -0.05) is 5.16 Å². The van der Waals surface area contributed by atoms with Gasteiger partial charge >= 0.3 is 0 Å². The molecule has 31 heavy (non-hydrogen) atoms. The van der Waals surface area contributed by atoms with Crippen LogP contribution in [0.2, 0.25) is 0 Å². The highest BCUT2D eigenvalue weighted by Gasteiger charge is 2.51. The molecule has 1 fully saturated rings. The summed E-state index contributed by atoms with van der Waals surface area (Å²) in [5.41, 5.74) is 5.27. The molecule has 0 aromatic carbocycles. The average Bonchev–Trinajstić information content (AvgIpc) is 3.36. The summed E-state index contributed by atoms with van der Waals surface area (Å²) >= 11 is 0. The van der Waals surface area contributed by atoms with Crippen LogP contribution in [0.3, 0.4) is 0 Å². The van der Waals surface area contributed by atoms with Gasteiger partial charge in [-0.2, -0.15) is 5.10 Å². The Kier molecular flexibility index (Phi) is 4.23. The number of alkyl halides is 2. The molecule has 5 rings (SSSR count). The lowest BCUT2D eigenvalue weighted by atomic mass is 9.49. The Morgan fingerprint density at radius 3 is 2.48 bits per heavy atom. The van der Waals surface area contributed by atoms with Gasteiger partial charge in [0, 0.05) is 60.7 Å². The number of rotatable bonds is 4. The van der Waals surface area contributed by atoms with Gasteiger partial charge in [-0.05, 0) is 31.2 Å². The first-order valence-corrected chi connectivity index (χ1v) is 9.96. The second-order valence-electron chi connectivity index (χ2n) is 8.45. The van der Waals surface area contributed by atoms with Crippen LogP contribution in [0.25, 0.3) is 33.3 Å². The molecule has 4 radical (unpaired) electrons. The van der Waals surface area contributed by atoms with Crippen molar-refractivity contribution in [3.63, 3.8) is 0 Å². The van der Waals surface area contributed by atoms with E-state index in [1.54, 1.807) is 27.8 Å². The highest BCUT2D eigenvalue weighted by molar-refractivity contribution is 6.38. The predicted molar refractivity (Wildman–Crippen MR) is 114 cm³/mol. The lowest BCUT2D eigenvalue weighted by molar-refractivity contribution is -0.120. The molecule has 1 aliphatic rings. The maximum atomic E-state index is 13.6. The third kappa shape index (κ3) is 3.11. The fraction of sp³-hybridized carbons (Fsp3) is 0.381. The monoisotopic (exact) mass is 417 g/mol. The minimum absolute atomic E-state index is 0.348. The van der Waals surface area contributed by atoms with Crippen molar-refractivity contribution in [3.8, 4) is 22.3 Å². The predicted octanol–water partition coefficient (Wildman–Crippen LogP) is 3.70. The molecule has 4 aromatic rings. The lowest BCUT2D eigenvalue weighted by Crippen LogP contribution is -2.52. The van der Waals surface area contributed by atoms with Crippen LogP contribution in [0.4, 0.5) is 8.78 Å². The molecule has 0 spiro atoms. The summed E-state index contributed by atoms with van der Waals surface area (Å²) < 4.78 is 35.8. The van der Waals surface area contributed by atoms with E-state index in [9.17, 15) is 8.78 Å². The molecular formula is C21H19B2F2N5O. The maximum absolute atomic E-state index is 13.6.